The standard InChI is InChI=1S/C11H6Cl2O2/c12-8-3-1-2-7(6-8)9-4-5-10(15-9)11(13)14/h1-6H. The summed E-state index contributed by atoms with van der Waals surface area (Å²) in [7, 11) is 0. The van der Waals surface area contributed by atoms with Crippen molar-refractivity contribution in [1.82, 2.24) is 0 Å². The van der Waals surface area contributed by atoms with E-state index in [-0.39, 0.29) is 5.76 Å². The number of carbonyl (C=O) groups is 1. The maximum Gasteiger partial charge on any atom is 0.287 e. The molecule has 0 saturated carbocycles. The van der Waals surface area contributed by atoms with Crippen molar-refractivity contribution in [2.45, 2.75) is 0 Å². The van der Waals surface area contributed by atoms with E-state index < -0.39 is 5.24 Å². The molecule has 0 amide bonds. The largest absolute Gasteiger partial charge is 0.452 e. The molecule has 0 aliphatic rings. The van der Waals surface area contributed by atoms with Gasteiger partial charge in [0.25, 0.3) is 5.24 Å². The van der Waals surface area contributed by atoms with Gasteiger partial charge in [0.05, 0.1) is 0 Å². The summed E-state index contributed by atoms with van der Waals surface area (Å²) in [5.41, 5.74) is 0.812. The molecule has 0 aliphatic carbocycles. The van der Waals surface area contributed by atoms with Crippen LogP contribution < -0.4 is 0 Å². The van der Waals surface area contributed by atoms with Crippen molar-refractivity contribution < 1.29 is 9.21 Å². The van der Waals surface area contributed by atoms with Crippen LogP contribution >= 0.6 is 23.2 Å². The number of rotatable bonds is 2. The lowest BCUT2D eigenvalue weighted by Gasteiger charge is -1.96. The van der Waals surface area contributed by atoms with E-state index in [1.54, 1.807) is 18.2 Å². The van der Waals surface area contributed by atoms with E-state index >= 15 is 0 Å². The fourth-order valence-corrected chi connectivity index (χ4v) is 1.53. The van der Waals surface area contributed by atoms with E-state index in [2.05, 4.69) is 0 Å². The first kappa shape index (κ1) is 10.3. The molecule has 15 heavy (non-hydrogen) atoms. The van der Waals surface area contributed by atoms with Gasteiger partial charge in [0, 0.05) is 10.6 Å². The lowest BCUT2D eigenvalue weighted by Crippen LogP contribution is -1.81. The Morgan fingerprint density at radius 3 is 2.60 bits per heavy atom. The molecule has 0 atom stereocenters. The smallest absolute Gasteiger partial charge is 0.287 e. The Hall–Kier alpha value is -1.25. The predicted molar refractivity (Wildman–Crippen MR) is 59.3 cm³/mol. The third-order valence-electron chi connectivity index (χ3n) is 1.91. The van der Waals surface area contributed by atoms with Crippen LogP contribution in [-0.4, -0.2) is 5.24 Å². The van der Waals surface area contributed by atoms with Gasteiger partial charge in [0.2, 0.25) is 0 Å². The van der Waals surface area contributed by atoms with Crippen molar-refractivity contribution in [3.8, 4) is 11.3 Å². The van der Waals surface area contributed by atoms with Gasteiger partial charge in [-0.1, -0.05) is 23.7 Å². The van der Waals surface area contributed by atoms with E-state index in [1.165, 1.54) is 6.07 Å². The monoisotopic (exact) mass is 240 g/mol. The zero-order valence-electron chi connectivity index (χ0n) is 7.54. The van der Waals surface area contributed by atoms with Crippen molar-refractivity contribution in [2.24, 2.45) is 0 Å². The van der Waals surface area contributed by atoms with Gasteiger partial charge < -0.3 is 4.42 Å². The first-order valence-corrected chi connectivity index (χ1v) is 4.98. The zero-order chi connectivity index (χ0) is 10.8. The second-order valence-corrected chi connectivity index (χ2v) is 3.73. The Morgan fingerprint density at radius 2 is 2.00 bits per heavy atom. The first-order chi connectivity index (χ1) is 7.16. The number of halogens is 2. The molecule has 0 radical (unpaired) electrons. The van der Waals surface area contributed by atoms with Crippen LogP contribution in [0.15, 0.2) is 40.8 Å². The molecule has 1 aromatic carbocycles. The van der Waals surface area contributed by atoms with Gasteiger partial charge in [0.1, 0.15) is 5.76 Å². The first-order valence-electron chi connectivity index (χ1n) is 4.22. The van der Waals surface area contributed by atoms with Crippen molar-refractivity contribution >= 4 is 28.4 Å². The summed E-state index contributed by atoms with van der Waals surface area (Å²) < 4.78 is 5.25. The Morgan fingerprint density at radius 1 is 1.20 bits per heavy atom. The maximum absolute atomic E-state index is 10.8. The van der Waals surface area contributed by atoms with Gasteiger partial charge in [-0.2, -0.15) is 0 Å². The van der Waals surface area contributed by atoms with Gasteiger partial charge in [-0.25, -0.2) is 0 Å². The Labute approximate surface area is 96.4 Å². The van der Waals surface area contributed by atoms with E-state index in [0.717, 1.165) is 5.56 Å². The topological polar surface area (TPSA) is 30.2 Å². The van der Waals surface area contributed by atoms with Crippen LogP contribution in [0, 0.1) is 0 Å². The molecular formula is C11H6Cl2O2. The highest BCUT2D eigenvalue weighted by molar-refractivity contribution is 6.67. The normalized spacial score (nSPS) is 10.3. The summed E-state index contributed by atoms with van der Waals surface area (Å²) in [6, 6.07) is 10.4. The summed E-state index contributed by atoms with van der Waals surface area (Å²) >= 11 is 11.1. The number of hydrogen-bond acceptors (Lipinski definition) is 2. The summed E-state index contributed by atoms with van der Waals surface area (Å²) in [4.78, 5) is 10.8. The fourth-order valence-electron chi connectivity index (χ4n) is 1.24. The van der Waals surface area contributed by atoms with Gasteiger partial charge in [-0.15, -0.1) is 0 Å². The third kappa shape index (κ3) is 2.22. The van der Waals surface area contributed by atoms with Crippen LogP contribution in [-0.2, 0) is 0 Å². The summed E-state index contributed by atoms with van der Waals surface area (Å²) in [6.07, 6.45) is 0. The predicted octanol–water partition coefficient (Wildman–Crippen LogP) is 3.98. The molecule has 0 N–H and O–H groups in total. The Balaban J connectivity index is 2.41. The van der Waals surface area contributed by atoms with E-state index in [1.807, 2.05) is 12.1 Å². The van der Waals surface area contributed by atoms with Crippen molar-refractivity contribution in [2.75, 3.05) is 0 Å². The van der Waals surface area contributed by atoms with Crippen LogP contribution in [0.5, 0.6) is 0 Å². The summed E-state index contributed by atoms with van der Waals surface area (Å²) in [5, 5.41) is 0.00549. The van der Waals surface area contributed by atoms with Crippen molar-refractivity contribution in [3.63, 3.8) is 0 Å². The molecule has 0 fully saturated rings. The molecule has 0 bridgehead atoms. The minimum absolute atomic E-state index is 0.131. The quantitative estimate of drug-likeness (QED) is 0.744. The molecule has 0 saturated heterocycles. The molecule has 0 spiro atoms. The number of furan rings is 1. The summed E-state index contributed by atoms with van der Waals surface area (Å²) in [6.45, 7) is 0. The molecular weight excluding hydrogens is 235 g/mol. The average molecular weight is 241 g/mol. The van der Waals surface area contributed by atoms with E-state index in [9.17, 15) is 4.79 Å². The average Bonchev–Trinajstić information content (AvgIpc) is 2.66. The van der Waals surface area contributed by atoms with E-state index in [0.29, 0.717) is 10.8 Å². The fraction of sp³-hybridized carbons (Fsp3) is 0. The van der Waals surface area contributed by atoms with E-state index in [4.69, 9.17) is 27.6 Å². The highest BCUT2D eigenvalue weighted by atomic mass is 35.5. The zero-order valence-corrected chi connectivity index (χ0v) is 9.05. The number of hydrogen-bond donors (Lipinski definition) is 0. The van der Waals surface area contributed by atoms with Crippen LogP contribution in [0.2, 0.25) is 5.02 Å². The third-order valence-corrected chi connectivity index (χ3v) is 2.33. The lowest BCUT2D eigenvalue weighted by molar-refractivity contribution is 0.105. The minimum atomic E-state index is -0.608. The lowest BCUT2D eigenvalue weighted by atomic mass is 10.2. The summed E-state index contributed by atoms with van der Waals surface area (Å²) in [5.74, 6) is 0.702. The Bertz CT molecular complexity index is 503. The maximum atomic E-state index is 10.8. The number of carbonyl (C=O) groups excluding carboxylic acids is 1. The second-order valence-electron chi connectivity index (χ2n) is 2.95. The van der Waals surface area contributed by atoms with Crippen molar-refractivity contribution in [1.29, 1.82) is 0 Å². The van der Waals surface area contributed by atoms with Crippen LogP contribution in [0.4, 0.5) is 0 Å². The van der Waals surface area contributed by atoms with Crippen LogP contribution in [0.3, 0.4) is 0 Å². The molecule has 0 unspecified atom stereocenters. The van der Waals surface area contributed by atoms with Crippen LogP contribution in [0.1, 0.15) is 10.6 Å². The van der Waals surface area contributed by atoms with Gasteiger partial charge in [-0.3, -0.25) is 4.79 Å². The highest BCUT2D eigenvalue weighted by Gasteiger charge is 2.09. The minimum Gasteiger partial charge on any atom is -0.452 e. The second kappa shape index (κ2) is 4.09. The number of benzene rings is 1. The Kier molecular flexibility index (Phi) is 2.80. The highest BCUT2D eigenvalue weighted by Crippen LogP contribution is 2.25. The molecule has 0 aliphatic heterocycles. The molecule has 1 aromatic heterocycles. The SMILES string of the molecule is O=C(Cl)c1ccc(-c2cccc(Cl)c2)o1. The van der Waals surface area contributed by atoms with Gasteiger partial charge in [-0.05, 0) is 35.9 Å². The van der Waals surface area contributed by atoms with Gasteiger partial charge >= 0.3 is 0 Å². The molecule has 2 nitrogen and oxygen atoms in total. The molecule has 4 heteroatoms. The van der Waals surface area contributed by atoms with Crippen molar-refractivity contribution in [3.05, 3.63) is 47.2 Å². The van der Waals surface area contributed by atoms with Crippen LogP contribution in [0.25, 0.3) is 11.3 Å². The molecule has 1 heterocycles. The molecule has 2 aromatic rings. The van der Waals surface area contributed by atoms with Gasteiger partial charge in [0.15, 0.2) is 5.76 Å². The molecule has 2 rings (SSSR count). The molecule has 76 valence electrons.